The number of rotatable bonds is 1. The van der Waals surface area contributed by atoms with Gasteiger partial charge < -0.3 is 0 Å². The van der Waals surface area contributed by atoms with Gasteiger partial charge in [0.25, 0.3) is 0 Å². The summed E-state index contributed by atoms with van der Waals surface area (Å²) in [5, 5.41) is 0. The van der Waals surface area contributed by atoms with E-state index in [-0.39, 0.29) is 0 Å². The van der Waals surface area contributed by atoms with E-state index in [2.05, 4.69) is 32.6 Å². The number of hydrogen-bond acceptors (Lipinski definition) is 0. The third kappa shape index (κ3) is 2.24. The first kappa shape index (κ1) is 15.0. The lowest BCUT2D eigenvalue weighted by molar-refractivity contribution is 0.000764. The number of allylic oxidation sites excluding steroid dienone is 3. The monoisotopic (exact) mass is 298 g/mol. The first-order chi connectivity index (χ1) is 10.6. The average molecular weight is 299 g/mol. The van der Waals surface area contributed by atoms with E-state index in [1.165, 1.54) is 57.8 Å². The maximum atomic E-state index is 4.17. The van der Waals surface area contributed by atoms with Crippen molar-refractivity contribution in [2.24, 2.45) is 40.9 Å². The second-order valence-corrected chi connectivity index (χ2v) is 9.33. The normalized spacial score (nSPS) is 51.1. The highest BCUT2D eigenvalue weighted by Crippen LogP contribution is 2.63. The molecule has 0 aromatic rings. The number of fused-ring (bicyclic) bond motifs is 6. The van der Waals surface area contributed by atoms with Gasteiger partial charge in [0.05, 0.1) is 0 Å². The Hall–Kier alpha value is -0.520. The largest absolute Gasteiger partial charge is 0.103 e. The molecule has 0 aromatic heterocycles. The van der Waals surface area contributed by atoms with Gasteiger partial charge in [0.1, 0.15) is 0 Å². The van der Waals surface area contributed by atoms with Crippen molar-refractivity contribution in [2.75, 3.05) is 0 Å². The van der Waals surface area contributed by atoms with Crippen LogP contribution in [-0.4, -0.2) is 0 Å². The summed E-state index contributed by atoms with van der Waals surface area (Å²) in [5.74, 6) is 5.87. The van der Waals surface area contributed by atoms with Crippen molar-refractivity contribution in [3.63, 3.8) is 0 Å². The second-order valence-electron chi connectivity index (χ2n) is 9.33. The lowest BCUT2D eigenvalue weighted by Crippen LogP contribution is -2.42. The van der Waals surface area contributed by atoms with E-state index in [0.717, 1.165) is 35.5 Å². The van der Waals surface area contributed by atoms with Gasteiger partial charge in [-0.1, -0.05) is 24.6 Å². The van der Waals surface area contributed by atoms with E-state index in [1.807, 2.05) is 0 Å². The highest BCUT2D eigenvalue weighted by Gasteiger charge is 2.54. The summed E-state index contributed by atoms with van der Waals surface area (Å²) < 4.78 is 0. The van der Waals surface area contributed by atoms with Crippen LogP contribution in [0.4, 0.5) is 0 Å². The summed E-state index contributed by atoms with van der Waals surface area (Å²) in [6, 6.07) is 0. The average Bonchev–Trinajstić information content (AvgIpc) is 2.63. The molecule has 0 radical (unpaired) electrons. The fourth-order valence-corrected chi connectivity index (χ4v) is 7.24. The van der Waals surface area contributed by atoms with Crippen molar-refractivity contribution in [2.45, 2.75) is 71.6 Å². The number of hydrogen-bond donors (Lipinski definition) is 0. The van der Waals surface area contributed by atoms with Gasteiger partial charge in [-0.2, -0.15) is 0 Å². The zero-order valence-corrected chi connectivity index (χ0v) is 14.7. The summed E-state index contributed by atoms with van der Waals surface area (Å²) in [4.78, 5) is 0. The van der Waals surface area contributed by atoms with Gasteiger partial charge in [-0.15, -0.1) is 6.58 Å². The molecule has 0 heteroatoms. The van der Waals surface area contributed by atoms with Crippen molar-refractivity contribution in [3.8, 4) is 0 Å². The first-order valence-corrected chi connectivity index (χ1v) is 9.90. The molecule has 0 saturated heterocycles. The zero-order valence-electron chi connectivity index (χ0n) is 14.7. The van der Waals surface area contributed by atoms with E-state index in [1.54, 1.807) is 5.57 Å². The summed E-state index contributed by atoms with van der Waals surface area (Å²) in [5.41, 5.74) is 2.27. The first-order valence-electron chi connectivity index (χ1n) is 9.90. The molecule has 0 heterocycles. The Kier molecular flexibility index (Phi) is 3.78. The van der Waals surface area contributed by atoms with Gasteiger partial charge in [-0.05, 0) is 106 Å². The zero-order chi connectivity index (χ0) is 15.3. The lowest BCUT2D eigenvalue weighted by atomic mass is 9.55. The molecule has 122 valence electrons. The maximum Gasteiger partial charge on any atom is -0.0179 e. The third-order valence-corrected chi connectivity index (χ3v) is 8.38. The van der Waals surface area contributed by atoms with Gasteiger partial charge in [0.15, 0.2) is 0 Å². The smallest absolute Gasteiger partial charge is 0.0179 e. The van der Waals surface area contributed by atoms with Crippen molar-refractivity contribution >= 4 is 0 Å². The van der Waals surface area contributed by atoms with Crippen LogP contribution in [0.1, 0.15) is 71.6 Å². The summed E-state index contributed by atoms with van der Waals surface area (Å²) in [6.45, 7) is 9.15. The predicted octanol–water partition coefficient (Wildman–Crippen LogP) is 6.39. The quantitative estimate of drug-likeness (QED) is 0.492. The van der Waals surface area contributed by atoms with Crippen LogP contribution >= 0.6 is 0 Å². The van der Waals surface area contributed by atoms with Crippen LogP contribution in [0.3, 0.4) is 0 Å². The molecule has 3 fully saturated rings. The van der Waals surface area contributed by atoms with Gasteiger partial charge in [0, 0.05) is 0 Å². The molecule has 0 nitrogen and oxygen atoms in total. The molecule has 0 aromatic carbocycles. The van der Waals surface area contributed by atoms with Crippen LogP contribution < -0.4 is 0 Å². The summed E-state index contributed by atoms with van der Waals surface area (Å²) >= 11 is 0. The fourth-order valence-electron chi connectivity index (χ4n) is 7.24. The van der Waals surface area contributed by atoms with Crippen LogP contribution in [0.15, 0.2) is 24.3 Å². The van der Waals surface area contributed by atoms with Crippen LogP contribution in [0.2, 0.25) is 0 Å². The summed E-state index contributed by atoms with van der Waals surface area (Å²) in [6.07, 6.45) is 18.1. The van der Waals surface area contributed by atoms with E-state index in [4.69, 9.17) is 0 Å². The minimum atomic E-state index is 0.586. The molecular formula is C22H34. The topological polar surface area (TPSA) is 0 Å². The lowest BCUT2D eigenvalue weighted by Gasteiger charge is -2.50. The molecule has 7 atom stereocenters. The molecule has 2 bridgehead atoms. The van der Waals surface area contributed by atoms with Crippen molar-refractivity contribution in [3.05, 3.63) is 24.3 Å². The Morgan fingerprint density at radius 2 is 2.00 bits per heavy atom. The van der Waals surface area contributed by atoms with Gasteiger partial charge >= 0.3 is 0 Å². The Balaban J connectivity index is 1.62. The SMILES string of the molecule is C=C[C@H]1CCC2C3CCC4CC(C)=CC[C@H](C4)C3CC[C@@]21C. The maximum absolute atomic E-state index is 4.17. The second kappa shape index (κ2) is 5.53. The van der Waals surface area contributed by atoms with Gasteiger partial charge in [-0.3, -0.25) is 0 Å². The molecule has 4 rings (SSSR count). The Bertz CT molecular complexity index is 472. The minimum Gasteiger partial charge on any atom is -0.103 e. The van der Waals surface area contributed by atoms with Crippen molar-refractivity contribution in [1.82, 2.24) is 0 Å². The van der Waals surface area contributed by atoms with Crippen molar-refractivity contribution < 1.29 is 0 Å². The van der Waals surface area contributed by atoms with Crippen LogP contribution in [0, 0.1) is 40.9 Å². The Labute approximate surface area is 137 Å². The highest BCUT2D eigenvalue weighted by atomic mass is 14.6. The highest BCUT2D eigenvalue weighted by molar-refractivity contribution is 5.10. The standard InChI is InChI=1S/C22H34/c1-4-18-8-10-21-20-9-6-16-13-15(2)5-7-17(14-16)19(20)11-12-22(18,21)3/h4-5,16-21H,1,6-14H2,2-3H3/t16?,17-,18+,19?,20?,21?,22-/m1/s1. The molecule has 22 heavy (non-hydrogen) atoms. The van der Waals surface area contributed by atoms with E-state index in [9.17, 15) is 0 Å². The molecule has 0 N–H and O–H groups in total. The Morgan fingerprint density at radius 3 is 2.82 bits per heavy atom. The van der Waals surface area contributed by atoms with Crippen LogP contribution in [0.25, 0.3) is 0 Å². The van der Waals surface area contributed by atoms with E-state index < -0.39 is 0 Å². The molecule has 0 spiro atoms. The predicted molar refractivity (Wildman–Crippen MR) is 94.6 cm³/mol. The molecule has 0 amide bonds. The third-order valence-electron chi connectivity index (χ3n) is 8.38. The molecule has 3 saturated carbocycles. The fraction of sp³-hybridized carbons (Fsp3) is 0.818. The van der Waals surface area contributed by atoms with Crippen molar-refractivity contribution in [1.29, 1.82) is 0 Å². The van der Waals surface area contributed by atoms with E-state index in [0.29, 0.717) is 5.41 Å². The molecule has 4 aliphatic carbocycles. The van der Waals surface area contributed by atoms with Gasteiger partial charge in [0.2, 0.25) is 0 Å². The minimum absolute atomic E-state index is 0.586. The molecule has 0 aliphatic heterocycles. The molecule has 4 unspecified atom stereocenters. The van der Waals surface area contributed by atoms with Gasteiger partial charge in [-0.25, -0.2) is 0 Å². The molecular weight excluding hydrogens is 264 g/mol. The molecule has 4 aliphatic rings. The van der Waals surface area contributed by atoms with Crippen LogP contribution in [-0.2, 0) is 0 Å². The van der Waals surface area contributed by atoms with Crippen LogP contribution in [0.5, 0.6) is 0 Å². The Morgan fingerprint density at radius 1 is 1.14 bits per heavy atom. The summed E-state index contributed by atoms with van der Waals surface area (Å²) in [7, 11) is 0. The van der Waals surface area contributed by atoms with E-state index >= 15 is 0 Å².